The van der Waals surface area contributed by atoms with Crippen LogP contribution in [0.15, 0.2) is 89.2 Å². The van der Waals surface area contributed by atoms with Gasteiger partial charge in [0.25, 0.3) is 0 Å². The normalized spacial score (nSPS) is 19.1. The fourth-order valence-corrected chi connectivity index (χ4v) is 5.20. The van der Waals surface area contributed by atoms with E-state index in [-0.39, 0.29) is 11.6 Å². The Labute approximate surface area is 249 Å². The molecular weight excluding hydrogens is 555 g/mol. The highest BCUT2D eigenvalue weighted by molar-refractivity contribution is 6.31. The third-order valence-electron chi connectivity index (χ3n) is 7.32. The predicted octanol–water partition coefficient (Wildman–Crippen LogP) is 6.01. The zero-order valence-electron chi connectivity index (χ0n) is 23.0. The number of amidine groups is 1. The highest BCUT2D eigenvalue weighted by Crippen LogP contribution is 2.39. The number of carbonyl (C=O) groups is 1. The van der Waals surface area contributed by atoms with Crippen LogP contribution in [-0.4, -0.2) is 59.6 Å². The van der Waals surface area contributed by atoms with Crippen molar-refractivity contribution in [3.05, 3.63) is 112 Å². The van der Waals surface area contributed by atoms with Crippen molar-refractivity contribution in [1.29, 1.82) is 0 Å². The van der Waals surface area contributed by atoms with E-state index in [1.54, 1.807) is 24.4 Å². The van der Waals surface area contributed by atoms with Gasteiger partial charge in [-0.05, 0) is 42.7 Å². The molecule has 2 fully saturated rings. The lowest BCUT2D eigenvalue weighted by Gasteiger charge is -2.37. The Kier molecular flexibility index (Phi) is 8.61. The molecule has 1 aromatic heterocycles. The molecule has 7 nitrogen and oxygen atoms in total. The van der Waals surface area contributed by atoms with Crippen LogP contribution >= 0.6 is 11.6 Å². The van der Waals surface area contributed by atoms with E-state index in [0.717, 1.165) is 18.4 Å². The van der Waals surface area contributed by atoms with E-state index < -0.39 is 18.0 Å². The van der Waals surface area contributed by atoms with Crippen LogP contribution in [0.5, 0.6) is 0 Å². The average molecular weight is 585 g/mol. The van der Waals surface area contributed by atoms with Crippen molar-refractivity contribution >= 4 is 23.5 Å². The molecule has 214 valence electrons. The molecule has 0 spiro atoms. The molecule has 1 saturated heterocycles. The van der Waals surface area contributed by atoms with Crippen molar-refractivity contribution in [2.45, 2.75) is 25.5 Å². The smallest absolute Gasteiger partial charge is 0.420 e. The molecule has 2 aromatic carbocycles. The number of nitrogens with zero attached hydrogens (tertiary/aromatic N) is 4. The molecule has 3 heterocycles. The van der Waals surface area contributed by atoms with Gasteiger partial charge in [-0.15, -0.1) is 0 Å². The molecular formula is C33H30ClFN4O3. The van der Waals surface area contributed by atoms with Crippen molar-refractivity contribution in [3.8, 4) is 11.8 Å². The highest BCUT2D eigenvalue weighted by atomic mass is 35.5. The van der Waals surface area contributed by atoms with Gasteiger partial charge in [-0.25, -0.2) is 14.1 Å². The van der Waals surface area contributed by atoms with E-state index >= 15 is 0 Å². The summed E-state index contributed by atoms with van der Waals surface area (Å²) < 4.78 is 25.6. The van der Waals surface area contributed by atoms with Crippen molar-refractivity contribution in [2.24, 2.45) is 10.9 Å². The summed E-state index contributed by atoms with van der Waals surface area (Å²) in [4.78, 5) is 27.4. The van der Waals surface area contributed by atoms with E-state index in [1.807, 2.05) is 36.4 Å². The standard InChI is InChI=1S/C33H30ClFN4O3/c34-28-20-25(35)12-14-26(28)31-27(13-11-23-9-10-23)30(21-38-16-18-41-19-17-38)39(32(37-31)29-8-4-5-15-36-29)33(40)42-22-24-6-2-1-3-7-24/h1-8,12,14-15,20,23,31H,9-10,16-19,21-22H2. The molecule has 2 aliphatic heterocycles. The number of rotatable bonds is 6. The van der Waals surface area contributed by atoms with Gasteiger partial charge in [0.05, 0.1) is 24.5 Å². The molecule has 6 rings (SSSR count). The van der Waals surface area contributed by atoms with Crippen molar-refractivity contribution in [3.63, 3.8) is 0 Å². The van der Waals surface area contributed by atoms with Crippen LogP contribution in [0.4, 0.5) is 9.18 Å². The van der Waals surface area contributed by atoms with Gasteiger partial charge in [0.1, 0.15) is 24.2 Å². The van der Waals surface area contributed by atoms with Crippen LogP contribution in [-0.2, 0) is 16.1 Å². The first-order valence-corrected chi connectivity index (χ1v) is 14.4. The Morgan fingerprint density at radius 3 is 2.57 bits per heavy atom. The van der Waals surface area contributed by atoms with Crippen LogP contribution in [0.2, 0.25) is 5.02 Å². The zero-order chi connectivity index (χ0) is 28.9. The third kappa shape index (κ3) is 6.55. The summed E-state index contributed by atoms with van der Waals surface area (Å²) in [5.74, 6) is 6.93. The summed E-state index contributed by atoms with van der Waals surface area (Å²) in [5.41, 5.74) is 3.24. The second-order valence-electron chi connectivity index (χ2n) is 10.4. The quantitative estimate of drug-likeness (QED) is 0.332. The minimum atomic E-state index is -0.671. The van der Waals surface area contributed by atoms with Gasteiger partial charge >= 0.3 is 6.09 Å². The second kappa shape index (κ2) is 12.9. The number of pyridine rings is 1. The number of benzene rings is 2. The summed E-state index contributed by atoms with van der Waals surface area (Å²) in [6.45, 7) is 3.05. The first-order valence-electron chi connectivity index (χ1n) is 14.1. The number of aliphatic imine (C=N–C) groups is 1. The summed E-state index contributed by atoms with van der Waals surface area (Å²) in [6, 6.07) is 18.6. The fraction of sp³-hybridized carbons (Fsp3) is 0.303. The minimum Gasteiger partial charge on any atom is -0.444 e. The van der Waals surface area contributed by atoms with Crippen molar-refractivity contribution in [2.75, 3.05) is 32.8 Å². The van der Waals surface area contributed by atoms with E-state index in [2.05, 4.69) is 21.7 Å². The van der Waals surface area contributed by atoms with Gasteiger partial charge < -0.3 is 9.47 Å². The number of halogens is 2. The summed E-state index contributed by atoms with van der Waals surface area (Å²) >= 11 is 6.63. The first kappa shape index (κ1) is 28.1. The predicted molar refractivity (Wildman–Crippen MR) is 158 cm³/mol. The van der Waals surface area contributed by atoms with E-state index in [1.165, 1.54) is 17.0 Å². The molecule has 0 bridgehead atoms. The van der Waals surface area contributed by atoms with Gasteiger partial charge in [0.2, 0.25) is 0 Å². The van der Waals surface area contributed by atoms with Gasteiger partial charge in [0.15, 0.2) is 5.84 Å². The van der Waals surface area contributed by atoms with Gasteiger partial charge in [-0.3, -0.25) is 14.9 Å². The Hall–Kier alpha value is -4.03. The van der Waals surface area contributed by atoms with Crippen LogP contribution in [0.1, 0.15) is 35.7 Å². The maximum absolute atomic E-state index is 14.1. The Bertz CT molecular complexity index is 1560. The molecule has 1 saturated carbocycles. The molecule has 1 amide bonds. The number of carbonyl (C=O) groups excluding carboxylic acids is 1. The summed E-state index contributed by atoms with van der Waals surface area (Å²) in [6.07, 6.45) is 3.14. The van der Waals surface area contributed by atoms with Crippen LogP contribution in [0.3, 0.4) is 0 Å². The lowest BCUT2D eigenvalue weighted by Crippen LogP contribution is -2.47. The molecule has 0 radical (unpaired) electrons. The van der Waals surface area contributed by atoms with E-state index in [9.17, 15) is 9.18 Å². The van der Waals surface area contributed by atoms with Crippen molar-refractivity contribution in [1.82, 2.24) is 14.8 Å². The molecule has 42 heavy (non-hydrogen) atoms. The molecule has 0 N–H and O–H groups in total. The Morgan fingerprint density at radius 2 is 1.86 bits per heavy atom. The molecule has 3 aliphatic rings. The van der Waals surface area contributed by atoms with Crippen molar-refractivity contribution < 1.29 is 18.7 Å². The lowest BCUT2D eigenvalue weighted by molar-refractivity contribution is 0.0396. The maximum atomic E-state index is 14.1. The van der Waals surface area contributed by atoms with Gasteiger partial charge in [0, 0.05) is 42.3 Å². The summed E-state index contributed by atoms with van der Waals surface area (Å²) in [5, 5.41) is 0.237. The minimum absolute atomic E-state index is 0.0901. The topological polar surface area (TPSA) is 67.3 Å². The highest BCUT2D eigenvalue weighted by Gasteiger charge is 2.38. The first-order chi connectivity index (χ1) is 20.6. The van der Waals surface area contributed by atoms with Gasteiger partial charge in [-0.1, -0.05) is 65.9 Å². The fourth-order valence-electron chi connectivity index (χ4n) is 4.93. The zero-order valence-corrected chi connectivity index (χ0v) is 23.8. The molecule has 1 unspecified atom stereocenters. The molecule has 1 aliphatic carbocycles. The van der Waals surface area contributed by atoms with E-state index in [0.29, 0.717) is 67.1 Å². The summed E-state index contributed by atoms with van der Waals surface area (Å²) in [7, 11) is 0. The molecule has 1 atom stereocenters. The monoisotopic (exact) mass is 584 g/mol. The van der Waals surface area contributed by atoms with Crippen LogP contribution in [0.25, 0.3) is 0 Å². The van der Waals surface area contributed by atoms with Crippen LogP contribution in [0, 0.1) is 23.6 Å². The Morgan fingerprint density at radius 1 is 1.07 bits per heavy atom. The van der Waals surface area contributed by atoms with Crippen LogP contribution < -0.4 is 0 Å². The number of morpholine rings is 1. The SMILES string of the molecule is O=C(OCc1ccccc1)N1C(c2ccccn2)=NC(c2ccc(F)cc2Cl)C(C#CC2CC2)=C1CN1CCOCC1. The second-order valence-corrected chi connectivity index (χ2v) is 10.8. The number of amides is 1. The van der Waals surface area contributed by atoms with E-state index in [4.69, 9.17) is 26.1 Å². The third-order valence-corrected chi connectivity index (χ3v) is 7.65. The molecule has 9 heteroatoms. The number of hydrogen-bond acceptors (Lipinski definition) is 6. The maximum Gasteiger partial charge on any atom is 0.420 e. The average Bonchev–Trinajstić information content (AvgIpc) is 3.85. The lowest BCUT2D eigenvalue weighted by atomic mass is 9.94. The van der Waals surface area contributed by atoms with Gasteiger partial charge in [-0.2, -0.15) is 0 Å². The Balaban J connectivity index is 1.50. The number of ether oxygens (including phenoxy) is 2. The number of aromatic nitrogens is 1. The molecule has 3 aromatic rings. The largest absolute Gasteiger partial charge is 0.444 e. The number of hydrogen-bond donors (Lipinski definition) is 0.